The van der Waals surface area contributed by atoms with Crippen molar-refractivity contribution in [2.45, 2.75) is 13.8 Å². The molecule has 0 unspecified atom stereocenters. The van der Waals surface area contributed by atoms with Gasteiger partial charge in [-0.2, -0.15) is 5.26 Å². The summed E-state index contributed by atoms with van der Waals surface area (Å²) in [7, 11) is 0. The average molecular weight is 299 g/mol. The monoisotopic (exact) mass is 299 g/mol. The minimum absolute atomic E-state index is 0.258. The van der Waals surface area contributed by atoms with Crippen LogP contribution in [0.15, 0.2) is 12.1 Å². The number of hydrogen-bond acceptors (Lipinski definition) is 3. The van der Waals surface area contributed by atoms with E-state index < -0.39 is 17.5 Å². The molecule has 0 aliphatic rings. The summed E-state index contributed by atoms with van der Waals surface area (Å²) in [5, 5.41) is 11.2. The fraction of sp³-hybridized carbons (Fsp3) is 0.429. The van der Waals surface area contributed by atoms with Gasteiger partial charge in [0.2, 0.25) is 5.91 Å². The fourth-order valence-electron chi connectivity index (χ4n) is 1.72. The van der Waals surface area contributed by atoms with Crippen molar-refractivity contribution < 1.29 is 18.0 Å². The van der Waals surface area contributed by atoms with Gasteiger partial charge in [0, 0.05) is 25.2 Å². The molecule has 1 N–H and O–H groups in total. The van der Waals surface area contributed by atoms with E-state index in [9.17, 15) is 18.0 Å². The zero-order chi connectivity index (χ0) is 16.0. The summed E-state index contributed by atoms with van der Waals surface area (Å²) in [6.45, 7) is 3.81. The van der Waals surface area contributed by atoms with E-state index >= 15 is 0 Å². The topological polar surface area (TPSA) is 56.1 Å². The quantitative estimate of drug-likeness (QED) is 0.821. The van der Waals surface area contributed by atoms with Gasteiger partial charge in [-0.05, 0) is 13.8 Å². The Morgan fingerprint density at radius 3 is 2.52 bits per heavy atom. The van der Waals surface area contributed by atoms with Crippen molar-refractivity contribution >= 4 is 11.6 Å². The summed E-state index contributed by atoms with van der Waals surface area (Å²) in [6.07, 6.45) is 0. The number of carbonyl (C=O) groups is 1. The van der Waals surface area contributed by atoms with Crippen LogP contribution >= 0.6 is 0 Å². The van der Waals surface area contributed by atoms with Gasteiger partial charge >= 0.3 is 0 Å². The van der Waals surface area contributed by atoms with Crippen LogP contribution in [0.2, 0.25) is 0 Å². The normalized spacial score (nSPS) is 11.6. The highest BCUT2D eigenvalue weighted by Gasteiger charge is 2.16. The first-order valence-electron chi connectivity index (χ1n) is 6.44. The molecule has 1 rings (SSSR count). The number of carbonyl (C=O) groups excluding carboxylic acids is 1. The maximum absolute atomic E-state index is 13.4. The van der Waals surface area contributed by atoms with Crippen LogP contribution in [0.1, 0.15) is 13.8 Å². The van der Waals surface area contributed by atoms with E-state index in [1.165, 1.54) is 4.90 Å². The Bertz CT molecular complexity index is 557. The van der Waals surface area contributed by atoms with Crippen LogP contribution in [0.4, 0.5) is 18.9 Å². The Labute approximate surface area is 121 Å². The molecule has 21 heavy (non-hydrogen) atoms. The van der Waals surface area contributed by atoms with E-state index in [0.717, 1.165) is 0 Å². The molecule has 7 heteroatoms. The molecule has 0 fully saturated rings. The minimum Gasteiger partial charge on any atom is -0.374 e. The molecule has 1 aromatic carbocycles. The molecule has 0 saturated carbocycles. The Hall–Kier alpha value is -2.23. The molecule has 4 nitrogen and oxygen atoms in total. The number of nitrogens with one attached hydrogen (secondary N) is 1. The minimum atomic E-state index is -1.29. The van der Waals surface area contributed by atoms with E-state index in [-0.39, 0.29) is 30.6 Å². The van der Waals surface area contributed by atoms with E-state index in [0.29, 0.717) is 18.7 Å². The van der Waals surface area contributed by atoms with Gasteiger partial charge in [0.25, 0.3) is 0 Å². The zero-order valence-corrected chi connectivity index (χ0v) is 11.8. The van der Waals surface area contributed by atoms with Crippen LogP contribution in [-0.4, -0.2) is 30.4 Å². The molecule has 1 atom stereocenters. The lowest BCUT2D eigenvalue weighted by Crippen LogP contribution is -2.38. The molecule has 0 aliphatic heterocycles. The molecule has 114 valence electrons. The van der Waals surface area contributed by atoms with Crippen LogP contribution < -0.4 is 5.32 Å². The molecule has 0 radical (unpaired) electrons. The highest BCUT2D eigenvalue weighted by Crippen LogP contribution is 2.18. The second-order valence-electron chi connectivity index (χ2n) is 4.56. The number of rotatable bonds is 6. The number of likely N-dealkylation sites (N-methyl/N-ethyl adjacent to an activating group) is 1. The maximum Gasteiger partial charge on any atom is 0.241 e. The molecule has 0 bridgehead atoms. The SMILES string of the molecule is CCN(C[C@H](C)C#N)C(=O)CNc1cc(F)c(F)cc1F. The maximum atomic E-state index is 13.4. The van der Waals surface area contributed by atoms with Gasteiger partial charge in [0.15, 0.2) is 11.6 Å². The zero-order valence-electron chi connectivity index (χ0n) is 11.8. The summed E-state index contributed by atoms with van der Waals surface area (Å²) >= 11 is 0. The second-order valence-corrected chi connectivity index (χ2v) is 4.56. The molecular weight excluding hydrogens is 283 g/mol. The molecule has 0 heterocycles. The van der Waals surface area contributed by atoms with E-state index in [4.69, 9.17) is 5.26 Å². The molecule has 0 aliphatic carbocycles. The van der Waals surface area contributed by atoms with Crippen LogP contribution in [0.3, 0.4) is 0 Å². The number of halogens is 3. The molecule has 1 aromatic rings. The van der Waals surface area contributed by atoms with E-state index in [1.54, 1.807) is 13.8 Å². The van der Waals surface area contributed by atoms with Gasteiger partial charge < -0.3 is 10.2 Å². The fourth-order valence-corrected chi connectivity index (χ4v) is 1.72. The van der Waals surface area contributed by atoms with Crippen molar-refractivity contribution in [1.82, 2.24) is 4.90 Å². The third-order valence-corrected chi connectivity index (χ3v) is 2.89. The van der Waals surface area contributed by atoms with Crippen LogP contribution in [-0.2, 0) is 4.79 Å². The first-order chi connectivity index (χ1) is 9.88. The predicted octanol–water partition coefficient (Wildman–Crippen LogP) is 2.52. The standard InChI is InChI=1S/C14H16F3N3O/c1-3-20(8-9(2)6-18)14(21)7-19-13-5-11(16)10(15)4-12(13)17/h4-5,9,19H,3,7-8H2,1-2H3/t9-/m1/s1. The van der Waals surface area contributed by atoms with Crippen molar-refractivity contribution in [3.8, 4) is 6.07 Å². The highest BCUT2D eigenvalue weighted by atomic mass is 19.2. The van der Waals surface area contributed by atoms with E-state index in [1.807, 2.05) is 6.07 Å². The lowest BCUT2D eigenvalue weighted by molar-refractivity contribution is -0.129. The van der Waals surface area contributed by atoms with Crippen molar-refractivity contribution in [3.05, 3.63) is 29.6 Å². The second kappa shape index (κ2) is 7.53. The lowest BCUT2D eigenvalue weighted by Gasteiger charge is -2.22. The lowest BCUT2D eigenvalue weighted by atomic mass is 10.2. The average Bonchev–Trinajstić information content (AvgIpc) is 2.46. The van der Waals surface area contributed by atoms with Crippen molar-refractivity contribution in [1.29, 1.82) is 5.26 Å². The Kier molecular flexibility index (Phi) is 6.03. The molecule has 0 saturated heterocycles. The van der Waals surface area contributed by atoms with Gasteiger partial charge in [-0.15, -0.1) is 0 Å². The van der Waals surface area contributed by atoms with Crippen molar-refractivity contribution in [2.24, 2.45) is 5.92 Å². The van der Waals surface area contributed by atoms with Gasteiger partial charge in [-0.25, -0.2) is 13.2 Å². The predicted molar refractivity (Wildman–Crippen MR) is 71.8 cm³/mol. The van der Waals surface area contributed by atoms with Gasteiger partial charge in [0.1, 0.15) is 5.82 Å². The van der Waals surface area contributed by atoms with E-state index in [2.05, 4.69) is 5.32 Å². The largest absolute Gasteiger partial charge is 0.374 e. The Morgan fingerprint density at radius 2 is 1.95 bits per heavy atom. The van der Waals surface area contributed by atoms with Gasteiger partial charge in [-0.1, -0.05) is 0 Å². The number of nitrogens with zero attached hydrogens (tertiary/aromatic N) is 2. The number of benzene rings is 1. The van der Waals surface area contributed by atoms with Gasteiger partial charge in [-0.3, -0.25) is 4.79 Å². The Morgan fingerprint density at radius 1 is 1.33 bits per heavy atom. The molecule has 0 aromatic heterocycles. The smallest absolute Gasteiger partial charge is 0.241 e. The summed E-state index contributed by atoms with van der Waals surface area (Å²) < 4.78 is 39.2. The summed E-state index contributed by atoms with van der Waals surface area (Å²) in [5.41, 5.74) is -0.286. The number of amides is 1. The third-order valence-electron chi connectivity index (χ3n) is 2.89. The first kappa shape index (κ1) is 16.8. The molecule has 0 spiro atoms. The third kappa shape index (κ3) is 4.67. The molecule has 1 amide bonds. The number of anilines is 1. The highest BCUT2D eigenvalue weighted by molar-refractivity contribution is 5.80. The summed E-state index contributed by atoms with van der Waals surface area (Å²) in [4.78, 5) is 13.4. The number of nitriles is 1. The summed E-state index contributed by atoms with van der Waals surface area (Å²) in [5.74, 6) is -4.15. The molecular formula is C14H16F3N3O. The summed E-state index contributed by atoms with van der Waals surface area (Å²) in [6, 6.07) is 3.09. The first-order valence-corrected chi connectivity index (χ1v) is 6.44. The van der Waals surface area contributed by atoms with Crippen molar-refractivity contribution in [3.63, 3.8) is 0 Å². The van der Waals surface area contributed by atoms with Crippen LogP contribution in [0.25, 0.3) is 0 Å². The Balaban J connectivity index is 2.68. The number of hydrogen-bond donors (Lipinski definition) is 1. The van der Waals surface area contributed by atoms with Gasteiger partial charge in [0.05, 0.1) is 24.2 Å². The van der Waals surface area contributed by atoms with Crippen LogP contribution in [0, 0.1) is 34.7 Å². The van der Waals surface area contributed by atoms with Crippen LogP contribution in [0.5, 0.6) is 0 Å². The van der Waals surface area contributed by atoms with Crippen molar-refractivity contribution in [2.75, 3.05) is 25.0 Å².